The fraction of sp³-hybridized carbons (Fsp3) is 1.00. The van der Waals surface area contributed by atoms with E-state index in [0.29, 0.717) is 0 Å². The van der Waals surface area contributed by atoms with E-state index in [1.54, 1.807) is 0 Å². The summed E-state index contributed by atoms with van der Waals surface area (Å²) in [4.78, 5) is 0. The van der Waals surface area contributed by atoms with E-state index < -0.39 is 0 Å². The van der Waals surface area contributed by atoms with Gasteiger partial charge in [0.15, 0.2) is 0 Å². The SMILES string of the molecule is OC1CCC(C(C2CCC(O)CC2)C2CCC(O)CC2)CC1. The Balaban J connectivity index is 1.67. The van der Waals surface area contributed by atoms with Crippen LogP contribution < -0.4 is 0 Å². The van der Waals surface area contributed by atoms with Gasteiger partial charge in [-0.3, -0.25) is 0 Å². The maximum atomic E-state index is 9.83. The Morgan fingerprint density at radius 2 is 0.636 bits per heavy atom. The van der Waals surface area contributed by atoms with Crippen LogP contribution in [0.25, 0.3) is 0 Å². The minimum Gasteiger partial charge on any atom is -0.393 e. The summed E-state index contributed by atoms with van der Waals surface area (Å²) in [6.07, 6.45) is 12.8. The van der Waals surface area contributed by atoms with Crippen molar-refractivity contribution in [2.75, 3.05) is 0 Å². The van der Waals surface area contributed by atoms with Gasteiger partial charge < -0.3 is 15.3 Å². The standard InChI is InChI=1S/C19H34O3/c20-16-7-1-13(2-8-16)19(14-3-9-17(21)10-4-14)15-5-11-18(22)12-6-15/h13-22H,1-12H2. The molecule has 0 amide bonds. The van der Waals surface area contributed by atoms with Gasteiger partial charge in [-0.15, -0.1) is 0 Å². The molecule has 3 aliphatic rings. The van der Waals surface area contributed by atoms with Crippen LogP contribution in [-0.2, 0) is 0 Å². The second-order valence-electron chi connectivity index (χ2n) is 8.28. The Morgan fingerprint density at radius 1 is 0.409 bits per heavy atom. The van der Waals surface area contributed by atoms with Gasteiger partial charge in [0, 0.05) is 0 Å². The van der Waals surface area contributed by atoms with E-state index in [0.717, 1.165) is 62.2 Å². The van der Waals surface area contributed by atoms with Crippen LogP contribution >= 0.6 is 0 Å². The first-order valence-corrected chi connectivity index (χ1v) is 9.67. The number of aliphatic hydroxyl groups excluding tert-OH is 3. The van der Waals surface area contributed by atoms with Crippen molar-refractivity contribution in [3.63, 3.8) is 0 Å². The summed E-state index contributed by atoms with van der Waals surface area (Å²) in [5.74, 6) is 3.07. The quantitative estimate of drug-likeness (QED) is 0.750. The lowest BCUT2D eigenvalue weighted by molar-refractivity contribution is -0.0000253. The number of hydrogen-bond acceptors (Lipinski definition) is 3. The first kappa shape index (κ1) is 16.7. The molecule has 0 saturated heterocycles. The second-order valence-corrected chi connectivity index (χ2v) is 8.28. The lowest BCUT2D eigenvalue weighted by Crippen LogP contribution is -2.38. The van der Waals surface area contributed by atoms with E-state index in [2.05, 4.69) is 0 Å². The molecule has 0 unspecified atom stereocenters. The number of rotatable bonds is 3. The summed E-state index contributed by atoms with van der Waals surface area (Å²) in [6, 6.07) is 0. The second kappa shape index (κ2) is 7.63. The summed E-state index contributed by atoms with van der Waals surface area (Å²) in [6.45, 7) is 0. The van der Waals surface area contributed by atoms with Gasteiger partial charge in [-0.2, -0.15) is 0 Å². The van der Waals surface area contributed by atoms with Crippen molar-refractivity contribution in [2.24, 2.45) is 23.7 Å². The van der Waals surface area contributed by atoms with E-state index in [-0.39, 0.29) is 18.3 Å². The van der Waals surface area contributed by atoms with Crippen LogP contribution in [0.4, 0.5) is 0 Å². The summed E-state index contributed by atoms with van der Waals surface area (Å²) in [5.41, 5.74) is 0. The molecule has 3 fully saturated rings. The zero-order valence-electron chi connectivity index (χ0n) is 13.9. The van der Waals surface area contributed by atoms with E-state index in [9.17, 15) is 15.3 Å². The zero-order valence-corrected chi connectivity index (χ0v) is 13.9. The molecule has 3 saturated carbocycles. The number of aliphatic hydroxyl groups is 3. The predicted octanol–water partition coefficient (Wildman–Crippen LogP) is 3.26. The molecule has 0 aliphatic heterocycles. The normalized spacial score (nSPS) is 45.4. The molecule has 3 nitrogen and oxygen atoms in total. The van der Waals surface area contributed by atoms with Crippen LogP contribution in [0.3, 0.4) is 0 Å². The Labute approximate surface area is 135 Å². The largest absolute Gasteiger partial charge is 0.393 e. The Kier molecular flexibility index (Phi) is 5.80. The van der Waals surface area contributed by atoms with Gasteiger partial charge in [0.2, 0.25) is 0 Å². The number of hydrogen-bond donors (Lipinski definition) is 3. The van der Waals surface area contributed by atoms with Gasteiger partial charge in [-0.05, 0) is 101 Å². The molecular weight excluding hydrogens is 276 g/mol. The Hall–Kier alpha value is -0.120. The fourth-order valence-electron chi connectivity index (χ4n) is 5.61. The molecule has 0 spiro atoms. The fourth-order valence-corrected chi connectivity index (χ4v) is 5.61. The molecule has 0 atom stereocenters. The van der Waals surface area contributed by atoms with E-state index in [1.165, 1.54) is 38.5 Å². The Bertz CT molecular complexity index is 269. The van der Waals surface area contributed by atoms with E-state index in [4.69, 9.17) is 0 Å². The molecule has 0 heterocycles. The molecule has 3 aliphatic carbocycles. The van der Waals surface area contributed by atoms with Crippen molar-refractivity contribution >= 4 is 0 Å². The molecule has 0 radical (unpaired) electrons. The highest BCUT2D eigenvalue weighted by molar-refractivity contribution is 4.90. The first-order valence-electron chi connectivity index (χ1n) is 9.67. The van der Waals surface area contributed by atoms with Gasteiger partial charge in [-0.25, -0.2) is 0 Å². The minimum absolute atomic E-state index is 0.0711. The van der Waals surface area contributed by atoms with Gasteiger partial charge in [0.05, 0.1) is 18.3 Å². The average Bonchev–Trinajstić information content (AvgIpc) is 2.53. The van der Waals surface area contributed by atoms with Crippen molar-refractivity contribution in [3.05, 3.63) is 0 Å². The lowest BCUT2D eigenvalue weighted by atomic mass is 9.61. The summed E-state index contributed by atoms with van der Waals surface area (Å²) in [7, 11) is 0. The molecular formula is C19H34O3. The van der Waals surface area contributed by atoms with Crippen molar-refractivity contribution in [2.45, 2.75) is 95.4 Å². The predicted molar refractivity (Wildman–Crippen MR) is 87.4 cm³/mol. The highest BCUT2D eigenvalue weighted by Gasteiger charge is 2.39. The Morgan fingerprint density at radius 3 is 0.864 bits per heavy atom. The zero-order chi connectivity index (χ0) is 15.5. The van der Waals surface area contributed by atoms with Crippen LogP contribution in [0.15, 0.2) is 0 Å². The van der Waals surface area contributed by atoms with Crippen LogP contribution in [0.5, 0.6) is 0 Å². The molecule has 0 bridgehead atoms. The van der Waals surface area contributed by atoms with Crippen molar-refractivity contribution in [3.8, 4) is 0 Å². The van der Waals surface area contributed by atoms with Crippen LogP contribution in [0, 0.1) is 23.7 Å². The minimum atomic E-state index is -0.0711. The third-order valence-corrected chi connectivity index (χ3v) is 6.86. The maximum absolute atomic E-state index is 9.83. The molecule has 0 aromatic heterocycles. The topological polar surface area (TPSA) is 60.7 Å². The van der Waals surface area contributed by atoms with Gasteiger partial charge >= 0.3 is 0 Å². The lowest BCUT2D eigenvalue weighted by Gasteiger charge is -2.45. The highest BCUT2D eigenvalue weighted by atomic mass is 16.3. The van der Waals surface area contributed by atoms with Gasteiger partial charge in [0.25, 0.3) is 0 Å². The van der Waals surface area contributed by atoms with Gasteiger partial charge in [-0.1, -0.05) is 0 Å². The molecule has 0 aromatic rings. The third kappa shape index (κ3) is 4.04. The van der Waals surface area contributed by atoms with E-state index >= 15 is 0 Å². The molecule has 128 valence electrons. The highest BCUT2D eigenvalue weighted by Crippen LogP contribution is 2.47. The first-order chi connectivity index (χ1) is 10.6. The average molecular weight is 310 g/mol. The van der Waals surface area contributed by atoms with E-state index in [1.807, 2.05) is 0 Å². The smallest absolute Gasteiger partial charge is 0.0540 e. The summed E-state index contributed by atoms with van der Waals surface area (Å²) >= 11 is 0. The molecule has 3 heteroatoms. The van der Waals surface area contributed by atoms with Crippen LogP contribution in [0.1, 0.15) is 77.0 Å². The van der Waals surface area contributed by atoms with Crippen LogP contribution in [-0.4, -0.2) is 33.6 Å². The van der Waals surface area contributed by atoms with Crippen molar-refractivity contribution in [1.82, 2.24) is 0 Å². The summed E-state index contributed by atoms with van der Waals surface area (Å²) in [5, 5.41) is 29.5. The van der Waals surface area contributed by atoms with Crippen LogP contribution in [0.2, 0.25) is 0 Å². The molecule has 22 heavy (non-hydrogen) atoms. The van der Waals surface area contributed by atoms with Gasteiger partial charge in [0.1, 0.15) is 0 Å². The molecule has 3 rings (SSSR count). The summed E-state index contributed by atoms with van der Waals surface area (Å²) < 4.78 is 0. The third-order valence-electron chi connectivity index (χ3n) is 6.86. The maximum Gasteiger partial charge on any atom is 0.0540 e. The van der Waals surface area contributed by atoms with Crippen molar-refractivity contribution < 1.29 is 15.3 Å². The monoisotopic (exact) mass is 310 g/mol. The molecule has 0 aromatic carbocycles. The molecule has 3 N–H and O–H groups in total. The van der Waals surface area contributed by atoms with Crippen molar-refractivity contribution in [1.29, 1.82) is 0 Å².